The molecule has 5 nitrogen and oxygen atoms in total. The molecule has 0 radical (unpaired) electrons. The Bertz CT molecular complexity index is 692. The van der Waals surface area contributed by atoms with Crippen molar-refractivity contribution in [1.82, 2.24) is 10.2 Å². The number of furan rings is 1. The van der Waals surface area contributed by atoms with Crippen molar-refractivity contribution < 1.29 is 13.9 Å². The van der Waals surface area contributed by atoms with Gasteiger partial charge in [-0.1, -0.05) is 23.7 Å². The molecule has 1 atom stereocenters. The second-order valence-electron chi connectivity index (χ2n) is 5.81. The molecule has 6 heteroatoms. The highest BCUT2D eigenvalue weighted by Crippen LogP contribution is 2.21. The van der Waals surface area contributed by atoms with Crippen molar-refractivity contribution in [1.29, 1.82) is 0 Å². The molecule has 1 aliphatic rings. The lowest BCUT2D eigenvalue weighted by Gasteiger charge is -2.33. The van der Waals surface area contributed by atoms with Crippen LogP contribution in [-0.2, 0) is 9.53 Å². The molecule has 0 saturated carbocycles. The molecule has 1 amide bonds. The Morgan fingerprint density at radius 3 is 2.68 bits per heavy atom. The number of hydrogen-bond acceptors (Lipinski definition) is 4. The van der Waals surface area contributed by atoms with Gasteiger partial charge in [-0.15, -0.1) is 0 Å². The number of benzene rings is 1. The minimum Gasteiger partial charge on any atom is -0.468 e. The van der Waals surface area contributed by atoms with E-state index in [2.05, 4.69) is 10.2 Å². The predicted molar refractivity (Wildman–Crippen MR) is 97.3 cm³/mol. The van der Waals surface area contributed by atoms with Gasteiger partial charge in [0.1, 0.15) is 5.76 Å². The fourth-order valence-corrected chi connectivity index (χ4v) is 2.91. The molecule has 132 valence electrons. The van der Waals surface area contributed by atoms with Crippen molar-refractivity contribution in [2.45, 2.75) is 6.04 Å². The first-order valence-corrected chi connectivity index (χ1v) is 8.67. The fraction of sp³-hybridized carbons (Fsp3) is 0.316. The van der Waals surface area contributed by atoms with Gasteiger partial charge in [0.25, 0.3) is 0 Å². The number of amides is 1. The number of carbonyl (C=O) groups is 1. The van der Waals surface area contributed by atoms with Crippen molar-refractivity contribution in [2.75, 3.05) is 32.8 Å². The maximum atomic E-state index is 12.1. The van der Waals surface area contributed by atoms with Crippen LogP contribution in [0.25, 0.3) is 6.08 Å². The second kappa shape index (κ2) is 8.85. The number of hydrogen-bond donors (Lipinski definition) is 1. The van der Waals surface area contributed by atoms with E-state index in [-0.39, 0.29) is 11.9 Å². The molecule has 1 aromatic carbocycles. The van der Waals surface area contributed by atoms with E-state index in [0.717, 1.165) is 24.4 Å². The highest BCUT2D eigenvalue weighted by molar-refractivity contribution is 6.30. The summed E-state index contributed by atoms with van der Waals surface area (Å²) in [5.41, 5.74) is 0.926. The van der Waals surface area contributed by atoms with Crippen molar-refractivity contribution in [3.05, 3.63) is 65.1 Å². The van der Waals surface area contributed by atoms with Gasteiger partial charge in [0.05, 0.1) is 25.5 Å². The minimum absolute atomic E-state index is 0.00628. The maximum absolute atomic E-state index is 12.1. The van der Waals surface area contributed by atoms with Crippen molar-refractivity contribution in [3.63, 3.8) is 0 Å². The Kier molecular flexibility index (Phi) is 6.28. The Morgan fingerprint density at radius 2 is 2.00 bits per heavy atom. The zero-order valence-corrected chi connectivity index (χ0v) is 14.6. The summed E-state index contributed by atoms with van der Waals surface area (Å²) < 4.78 is 11.0. The van der Waals surface area contributed by atoms with Gasteiger partial charge in [0.2, 0.25) is 5.91 Å². The Morgan fingerprint density at radius 1 is 1.24 bits per heavy atom. The van der Waals surface area contributed by atoms with Gasteiger partial charge in [-0.05, 0) is 35.9 Å². The van der Waals surface area contributed by atoms with E-state index < -0.39 is 0 Å². The molecule has 2 heterocycles. The van der Waals surface area contributed by atoms with Crippen molar-refractivity contribution in [2.24, 2.45) is 0 Å². The molecule has 2 aromatic rings. The zero-order chi connectivity index (χ0) is 17.5. The summed E-state index contributed by atoms with van der Waals surface area (Å²) in [6, 6.07) is 11.1. The summed E-state index contributed by atoms with van der Waals surface area (Å²) in [6.07, 6.45) is 4.95. The third-order valence-corrected chi connectivity index (χ3v) is 4.38. The van der Waals surface area contributed by atoms with Gasteiger partial charge < -0.3 is 14.5 Å². The monoisotopic (exact) mass is 360 g/mol. The molecular weight excluding hydrogens is 340 g/mol. The topological polar surface area (TPSA) is 54.7 Å². The standard InChI is InChI=1S/C19H21ClN2O3/c20-16-6-3-15(4-7-16)5-8-19(23)21-14-17(18-2-1-11-25-18)22-9-12-24-13-10-22/h1-8,11,17H,9-10,12-14H2,(H,21,23)/b8-5+/t17-/m1/s1. The molecule has 25 heavy (non-hydrogen) atoms. The number of morpholine rings is 1. The Labute approximate surface area is 152 Å². The van der Waals surface area contributed by atoms with Crippen LogP contribution in [0.5, 0.6) is 0 Å². The lowest BCUT2D eigenvalue weighted by molar-refractivity contribution is -0.116. The second-order valence-corrected chi connectivity index (χ2v) is 6.25. The van der Waals surface area contributed by atoms with E-state index in [1.165, 1.54) is 6.08 Å². The van der Waals surface area contributed by atoms with E-state index in [0.29, 0.717) is 24.8 Å². The van der Waals surface area contributed by atoms with Crippen LogP contribution in [0, 0.1) is 0 Å². The third-order valence-electron chi connectivity index (χ3n) is 4.12. The number of ether oxygens (including phenoxy) is 1. The van der Waals surface area contributed by atoms with Gasteiger partial charge in [-0.3, -0.25) is 9.69 Å². The van der Waals surface area contributed by atoms with Crippen molar-refractivity contribution in [3.8, 4) is 0 Å². The Balaban J connectivity index is 1.58. The first kappa shape index (κ1) is 17.7. The molecule has 1 fully saturated rings. The molecule has 0 bridgehead atoms. The first-order chi connectivity index (χ1) is 12.2. The van der Waals surface area contributed by atoms with E-state index in [9.17, 15) is 4.79 Å². The van der Waals surface area contributed by atoms with Crippen LogP contribution >= 0.6 is 11.6 Å². The average Bonchev–Trinajstić information content (AvgIpc) is 3.17. The number of rotatable bonds is 6. The smallest absolute Gasteiger partial charge is 0.244 e. The molecule has 0 unspecified atom stereocenters. The van der Waals surface area contributed by atoms with Crippen LogP contribution in [0.3, 0.4) is 0 Å². The Hall–Kier alpha value is -2.08. The number of nitrogens with one attached hydrogen (secondary N) is 1. The molecule has 1 N–H and O–H groups in total. The normalized spacial score (nSPS) is 16.8. The molecule has 1 aromatic heterocycles. The largest absolute Gasteiger partial charge is 0.468 e. The van der Waals surface area contributed by atoms with Gasteiger partial charge in [0.15, 0.2) is 0 Å². The predicted octanol–water partition coefficient (Wildman–Crippen LogP) is 3.14. The molecule has 3 rings (SSSR count). The van der Waals surface area contributed by atoms with E-state index >= 15 is 0 Å². The van der Waals surface area contributed by atoms with Crippen LogP contribution in [0.2, 0.25) is 5.02 Å². The summed E-state index contributed by atoms with van der Waals surface area (Å²) in [6.45, 7) is 3.52. The average molecular weight is 361 g/mol. The maximum Gasteiger partial charge on any atom is 0.244 e. The van der Waals surface area contributed by atoms with Gasteiger partial charge in [-0.2, -0.15) is 0 Å². The van der Waals surface area contributed by atoms with Crippen LogP contribution in [0.4, 0.5) is 0 Å². The van der Waals surface area contributed by atoms with Gasteiger partial charge in [-0.25, -0.2) is 0 Å². The molecule has 0 spiro atoms. The van der Waals surface area contributed by atoms with Gasteiger partial charge >= 0.3 is 0 Å². The molecule has 1 saturated heterocycles. The number of carbonyl (C=O) groups excluding carboxylic acids is 1. The van der Waals surface area contributed by atoms with E-state index in [1.807, 2.05) is 24.3 Å². The minimum atomic E-state index is -0.139. The summed E-state index contributed by atoms with van der Waals surface area (Å²) in [5, 5.41) is 3.63. The molecule has 1 aliphatic heterocycles. The lowest BCUT2D eigenvalue weighted by Crippen LogP contribution is -2.43. The summed E-state index contributed by atoms with van der Waals surface area (Å²) >= 11 is 5.86. The number of nitrogens with zero attached hydrogens (tertiary/aromatic N) is 1. The lowest BCUT2D eigenvalue weighted by atomic mass is 10.1. The third kappa shape index (κ3) is 5.19. The molecular formula is C19H21ClN2O3. The van der Waals surface area contributed by atoms with Crippen LogP contribution in [0.1, 0.15) is 17.4 Å². The van der Waals surface area contributed by atoms with Crippen LogP contribution in [-0.4, -0.2) is 43.7 Å². The number of halogens is 1. The molecule has 0 aliphatic carbocycles. The van der Waals surface area contributed by atoms with Crippen molar-refractivity contribution >= 4 is 23.6 Å². The quantitative estimate of drug-likeness (QED) is 0.804. The highest BCUT2D eigenvalue weighted by Gasteiger charge is 2.24. The fourth-order valence-electron chi connectivity index (χ4n) is 2.78. The zero-order valence-electron chi connectivity index (χ0n) is 13.9. The SMILES string of the molecule is O=C(/C=C/c1ccc(Cl)cc1)NC[C@H](c1ccco1)N1CCOCC1. The first-order valence-electron chi connectivity index (χ1n) is 8.29. The summed E-state index contributed by atoms with van der Waals surface area (Å²) in [5.74, 6) is 0.712. The highest BCUT2D eigenvalue weighted by atomic mass is 35.5. The van der Waals surface area contributed by atoms with E-state index in [4.69, 9.17) is 20.8 Å². The van der Waals surface area contributed by atoms with E-state index in [1.54, 1.807) is 24.5 Å². The van der Waals surface area contributed by atoms with Gasteiger partial charge in [0, 0.05) is 30.7 Å². The summed E-state index contributed by atoms with van der Waals surface area (Å²) in [7, 11) is 0. The summed E-state index contributed by atoms with van der Waals surface area (Å²) in [4.78, 5) is 14.4. The van der Waals surface area contributed by atoms with Crippen LogP contribution < -0.4 is 5.32 Å². The van der Waals surface area contributed by atoms with Crippen LogP contribution in [0.15, 0.2) is 53.2 Å².